The molecule has 0 heterocycles. The Kier molecular flexibility index (Phi) is 9.34. The van der Waals surface area contributed by atoms with E-state index in [2.05, 4.69) is 5.32 Å². The van der Waals surface area contributed by atoms with Gasteiger partial charge in [0.15, 0.2) is 0 Å². The van der Waals surface area contributed by atoms with E-state index in [1.165, 1.54) is 24.3 Å². The van der Waals surface area contributed by atoms with Gasteiger partial charge in [0.05, 0.1) is 23.2 Å². The normalized spacial score (nSPS) is 12.7. The Labute approximate surface area is 190 Å². The maximum Gasteiger partial charge on any atom is 0.356 e. The molecule has 0 aromatic heterocycles. The molecule has 0 bridgehead atoms. The van der Waals surface area contributed by atoms with Crippen LogP contribution < -0.4 is 10.1 Å². The van der Waals surface area contributed by atoms with Crippen LogP contribution in [0.25, 0.3) is 0 Å². The van der Waals surface area contributed by atoms with Crippen molar-refractivity contribution in [3.8, 4) is 11.5 Å². The Morgan fingerprint density at radius 3 is 2.39 bits per heavy atom. The van der Waals surface area contributed by atoms with E-state index in [1.807, 2.05) is 0 Å². The van der Waals surface area contributed by atoms with Gasteiger partial charge in [-0.05, 0) is 45.0 Å². The zero-order valence-corrected chi connectivity index (χ0v) is 19.6. The second-order valence-electron chi connectivity index (χ2n) is 6.10. The highest BCUT2D eigenvalue weighted by atomic mass is 35.5. The average molecular weight is 489 g/mol. The molecular weight excluding hydrogens is 466 g/mol. The van der Waals surface area contributed by atoms with Crippen LogP contribution in [-0.4, -0.2) is 23.9 Å². The van der Waals surface area contributed by atoms with E-state index in [0.29, 0.717) is 10.8 Å². The number of allylic oxidation sites excluding steroid dienone is 1. The number of hydrogen-bond donors (Lipinski definition) is 1. The fraction of sp³-hybridized carbons (Fsp3) is 0.300. The molecule has 0 saturated heterocycles. The summed E-state index contributed by atoms with van der Waals surface area (Å²) in [6.45, 7) is 5.39. The maximum atomic E-state index is 13.3. The zero-order valence-electron chi connectivity index (χ0n) is 17.2. The minimum Gasteiger partial charge on any atom is -0.456 e. The summed E-state index contributed by atoms with van der Waals surface area (Å²) in [5.41, 5.74) is -0.154. The van der Waals surface area contributed by atoms with Gasteiger partial charge >= 0.3 is 7.60 Å². The number of rotatable bonds is 11. The Morgan fingerprint density at radius 1 is 1.16 bits per heavy atom. The molecule has 0 aliphatic carbocycles. The zero-order chi connectivity index (χ0) is 23.0. The van der Waals surface area contributed by atoms with E-state index in [-0.39, 0.29) is 35.4 Å². The van der Waals surface area contributed by atoms with Gasteiger partial charge in [0.1, 0.15) is 23.0 Å². The molecule has 0 fully saturated rings. The molecule has 1 atom stereocenters. The average Bonchev–Trinajstić information content (AvgIpc) is 2.70. The number of hydrogen-bond acceptors (Lipinski definition) is 7. The van der Waals surface area contributed by atoms with Crippen LogP contribution in [0.3, 0.4) is 0 Å². The van der Waals surface area contributed by atoms with Crippen LogP contribution in [0, 0.1) is 10.1 Å². The smallest absolute Gasteiger partial charge is 0.356 e. The highest BCUT2D eigenvalue weighted by Gasteiger charge is 2.35. The maximum absolute atomic E-state index is 13.3. The van der Waals surface area contributed by atoms with Gasteiger partial charge in [-0.2, -0.15) is 0 Å². The molecule has 1 N–H and O–H groups in total. The first-order chi connectivity index (χ1) is 14.7. The number of nitro benzene ring substituents is 1. The van der Waals surface area contributed by atoms with Crippen molar-refractivity contribution in [1.29, 1.82) is 0 Å². The van der Waals surface area contributed by atoms with Crippen molar-refractivity contribution in [1.82, 2.24) is 0 Å². The third-order valence-corrected chi connectivity index (χ3v) is 6.67. The predicted octanol–water partition coefficient (Wildman–Crippen LogP) is 7.27. The van der Waals surface area contributed by atoms with Crippen LogP contribution in [0.15, 0.2) is 48.6 Å². The van der Waals surface area contributed by atoms with E-state index in [1.54, 1.807) is 45.1 Å². The number of ether oxygens (including phenoxy) is 1. The van der Waals surface area contributed by atoms with Gasteiger partial charge in [-0.25, -0.2) is 0 Å². The van der Waals surface area contributed by atoms with Crippen LogP contribution in [0.4, 0.5) is 11.4 Å². The van der Waals surface area contributed by atoms with E-state index >= 15 is 0 Å². The van der Waals surface area contributed by atoms with E-state index < -0.39 is 18.3 Å². The molecule has 168 valence electrons. The van der Waals surface area contributed by atoms with Gasteiger partial charge < -0.3 is 19.1 Å². The summed E-state index contributed by atoms with van der Waals surface area (Å²) in [5.74, 6) is -0.352. The lowest BCUT2D eigenvalue weighted by Crippen LogP contribution is -2.21. The third kappa shape index (κ3) is 6.69. The SMILES string of the molecule is C/C=C/C(Nc1cc(Oc2ccc(Cl)cc2Cl)ccc1[N+](=O)[O-])P(=O)(OCC)OCC. The number of anilines is 1. The molecule has 2 aromatic rings. The van der Waals surface area contributed by atoms with Crippen molar-refractivity contribution in [2.75, 3.05) is 18.5 Å². The second-order valence-corrected chi connectivity index (χ2v) is 9.10. The Morgan fingerprint density at radius 2 is 1.84 bits per heavy atom. The molecule has 2 rings (SSSR count). The highest BCUT2D eigenvalue weighted by molar-refractivity contribution is 7.55. The molecule has 0 amide bonds. The quantitative estimate of drug-likeness (QED) is 0.153. The number of nitro groups is 1. The number of nitrogens with zero attached hydrogens (tertiary/aromatic N) is 1. The first-order valence-electron chi connectivity index (χ1n) is 9.43. The Hall–Kier alpha value is -2.09. The monoisotopic (exact) mass is 488 g/mol. The van der Waals surface area contributed by atoms with Gasteiger partial charge in [0.2, 0.25) is 0 Å². The first-order valence-corrected chi connectivity index (χ1v) is 11.8. The van der Waals surface area contributed by atoms with Gasteiger partial charge in [0.25, 0.3) is 5.69 Å². The van der Waals surface area contributed by atoms with Gasteiger partial charge in [-0.3, -0.25) is 14.7 Å². The lowest BCUT2D eigenvalue weighted by Gasteiger charge is -2.25. The predicted molar refractivity (Wildman–Crippen MR) is 123 cm³/mol. The molecule has 0 spiro atoms. The fourth-order valence-corrected chi connectivity index (χ4v) is 4.91. The summed E-state index contributed by atoms with van der Waals surface area (Å²) < 4.78 is 29.8. The summed E-state index contributed by atoms with van der Waals surface area (Å²) in [4.78, 5) is 11.0. The standard InChI is InChI=1S/C20H23Cl2N2O6P/c1-4-7-20(31(27,28-5-2)29-6-3)23-17-13-15(9-10-18(17)24(25)26)30-19-11-8-14(21)12-16(19)22/h4,7-13,20,23H,5-6H2,1-3H3/b7-4+. The minimum absolute atomic E-state index is 0.0790. The number of nitrogens with one attached hydrogen (secondary N) is 1. The van der Waals surface area contributed by atoms with E-state index in [9.17, 15) is 14.7 Å². The molecule has 31 heavy (non-hydrogen) atoms. The third-order valence-electron chi connectivity index (χ3n) is 3.92. The lowest BCUT2D eigenvalue weighted by atomic mass is 10.2. The molecule has 2 aromatic carbocycles. The molecule has 1 unspecified atom stereocenters. The molecular formula is C20H23Cl2N2O6P. The number of halogens is 2. The van der Waals surface area contributed by atoms with Crippen molar-refractivity contribution in [3.05, 3.63) is 68.7 Å². The van der Waals surface area contributed by atoms with E-state index in [0.717, 1.165) is 0 Å². The summed E-state index contributed by atoms with van der Waals surface area (Å²) in [6.07, 6.45) is 3.22. The molecule has 8 nitrogen and oxygen atoms in total. The molecule has 0 saturated carbocycles. The molecule has 0 radical (unpaired) electrons. The van der Waals surface area contributed by atoms with Crippen molar-refractivity contribution < 1.29 is 23.3 Å². The van der Waals surface area contributed by atoms with Crippen LogP contribution >= 0.6 is 30.8 Å². The molecule has 0 aliphatic rings. The topological polar surface area (TPSA) is 99.9 Å². The minimum atomic E-state index is -3.65. The Bertz CT molecular complexity index is 992. The summed E-state index contributed by atoms with van der Waals surface area (Å²) in [5, 5.41) is 15.2. The van der Waals surface area contributed by atoms with E-state index in [4.69, 9.17) is 37.0 Å². The van der Waals surface area contributed by atoms with Crippen molar-refractivity contribution in [2.24, 2.45) is 0 Å². The van der Waals surface area contributed by atoms with Crippen molar-refractivity contribution in [3.63, 3.8) is 0 Å². The largest absolute Gasteiger partial charge is 0.456 e. The van der Waals surface area contributed by atoms with Crippen molar-refractivity contribution in [2.45, 2.75) is 26.6 Å². The summed E-state index contributed by atoms with van der Waals surface area (Å²) in [7, 11) is -3.65. The fourth-order valence-electron chi connectivity index (χ4n) is 2.67. The number of benzene rings is 2. The highest BCUT2D eigenvalue weighted by Crippen LogP contribution is 2.54. The summed E-state index contributed by atoms with van der Waals surface area (Å²) in [6, 6.07) is 8.84. The van der Waals surface area contributed by atoms with Crippen LogP contribution in [0.2, 0.25) is 10.0 Å². The van der Waals surface area contributed by atoms with Crippen LogP contribution in [0.5, 0.6) is 11.5 Å². The molecule has 0 aliphatic heterocycles. The van der Waals surface area contributed by atoms with Gasteiger partial charge in [-0.15, -0.1) is 0 Å². The molecule has 11 heteroatoms. The lowest BCUT2D eigenvalue weighted by molar-refractivity contribution is -0.384. The summed E-state index contributed by atoms with van der Waals surface area (Å²) >= 11 is 12.0. The van der Waals surface area contributed by atoms with Crippen LogP contribution in [0.1, 0.15) is 20.8 Å². The van der Waals surface area contributed by atoms with Crippen LogP contribution in [-0.2, 0) is 13.6 Å². The second kappa shape index (κ2) is 11.5. The first kappa shape index (κ1) is 25.2. The van der Waals surface area contributed by atoms with Crippen molar-refractivity contribution >= 4 is 42.2 Å². The van der Waals surface area contributed by atoms with Gasteiger partial charge in [-0.1, -0.05) is 35.4 Å². The Balaban J connectivity index is 2.45. The van der Waals surface area contributed by atoms with Gasteiger partial charge in [0, 0.05) is 17.2 Å².